The molecule has 0 radical (unpaired) electrons. The fraction of sp³-hybridized carbons (Fsp3) is 0.500. The van der Waals surface area contributed by atoms with Gasteiger partial charge in [0.15, 0.2) is 0 Å². The molecular formula is C16H18FNO3. The van der Waals surface area contributed by atoms with Crippen LogP contribution in [-0.2, 0) is 16.1 Å². The van der Waals surface area contributed by atoms with Gasteiger partial charge in [0.2, 0.25) is 5.91 Å². The summed E-state index contributed by atoms with van der Waals surface area (Å²) in [6.07, 6.45) is 3.03. The average molecular weight is 291 g/mol. The molecule has 1 aromatic rings. The molecule has 0 atom stereocenters. The van der Waals surface area contributed by atoms with E-state index in [2.05, 4.69) is 0 Å². The number of carboxylic acid groups (broad SMARTS) is 1. The second kappa shape index (κ2) is 5.13. The van der Waals surface area contributed by atoms with Crippen LogP contribution in [0.25, 0.3) is 0 Å². The number of halogens is 1. The average Bonchev–Trinajstić information content (AvgIpc) is 3.34. The second-order valence-electron chi connectivity index (χ2n) is 6.14. The van der Waals surface area contributed by atoms with Gasteiger partial charge in [-0.05, 0) is 49.3 Å². The Balaban J connectivity index is 1.75. The third-order valence-corrected chi connectivity index (χ3v) is 4.32. The summed E-state index contributed by atoms with van der Waals surface area (Å²) in [6, 6.07) is 6.00. The lowest BCUT2D eigenvalue weighted by Crippen LogP contribution is -2.41. The number of nitrogens with zero attached hydrogens (tertiary/aromatic N) is 1. The van der Waals surface area contributed by atoms with Gasteiger partial charge < -0.3 is 10.0 Å². The summed E-state index contributed by atoms with van der Waals surface area (Å²) in [4.78, 5) is 25.6. The summed E-state index contributed by atoms with van der Waals surface area (Å²) >= 11 is 0. The van der Waals surface area contributed by atoms with Gasteiger partial charge in [-0.1, -0.05) is 12.1 Å². The lowest BCUT2D eigenvalue weighted by molar-refractivity contribution is -0.153. The fourth-order valence-corrected chi connectivity index (χ4v) is 2.59. The van der Waals surface area contributed by atoms with Crippen molar-refractivity contribution in [2.24, 2.45) is 11.3 Å². The van der Waals surface area contributed by atoms with E-state index in [1.165, 1.54) is 12.1 Å². The maximum absolute atomic E-state index is 12.9. The molecule has 0 spiro atoms. The van der Waals surface area contributed by atoms with Crippen LogP contribution in [0.15, 0.2) is 24.3 Å². The monoisotopic (exact) mass is 291 g/mol. The Labute approximate surface area is 122 Å². The highest BCUT2D eigenvalue weighted by Crippen LogP contribution is 2.48. The Bertz CT molecular complexity index is 561. The molecule has 2 saturated carbocycles. The number of carbonyl (C=O) groups excluding carboxylic acids is 1. The molecule has 1 aromatic carbocycles. The second-order valence-corrected chi connectivity index (χ2v) is 6.14. The predicted octanol–water partition coefficient (Wildman–Crippen LogP) is 2.43. The molecular weight excluding hydrogens is 273 g/mol. The standard InChI is InChI=1S/C16H18FNO3/c17-13-5-3-12(4-6-13)10-18(9-11-1-2-11)14(19)16(7-8-16)15(20)21/h3-6,11H,1-2,7-10H2,(H,20,21). The molecule has 0 bridgehead atoms. The minimum absolute atomic E-state index is 0.286. The molecule has 0 aliphatic heterocycles. The van der Waals surface area contributed by atoms with Crippen LogP contribution in [0.3, 0.4) is 0 Å². The Morgan fingerprint density at radius 3 is 2.33 bits per heavy atom. The van der Waals surface area contributed by atoms with Gasteiger partial charge in [-0.3, -0.25) is 9.59 Å². The van der Waals surface area contributed by atoms with Crippen LogP contribution < -0.4 is 0 Å². The Kier molecular flexibility index (Phi) is 3.43. The Morgan fingerprint density at radius 1 is 1.24 bits per heavy atom. The van der Waals surface area contributed by atoms with E-state index in [4.69, 9.17) is 0 Å². The lowest BCUT2D eigenvalue weighted by atomic mass is 10.0. The summed E-state index contributed by atoms with van der Waals surface area (Å²) in [5.74, 6) is -1.14. The molecule has 21 heavy (non-hydrogen) atoms. The number of aliphatic carboxylic acids is 1. The summed E-state index contributed by atoms with van der Waals surface area (Å²) in [5.41, 5.74) is -0.374. The van der Waals surface area contributed by atoms with Crippen molar-refractivity contribution in [3.63, 3.8) is 0 Å². The third-order valence-electron chi connectivity index (χ3n) is 4.32. The quantitative estimate of drug-likeness (QED) is 0.819. The lowest BCUT2D eigenvalue weighted by Gasteiger charge is -2.26. The van der Waals surface area contributed by atoms with Crippen molar-refractivity contribution in [3.8, 4) is 0 Å². The van der Waals surface area contributed by atoms with E-state index in [1.807, 2.05) is 0 Å². The van der Waals surface area contributed by atoms with Gasteiger partial charge in [-0.25, -0.2) is 4.39 Å². The number of rotatable bonds is 6. The first kappa shape index (κ1) is 14.0. The van der Waals surface area contributed by atoms with Gasteiger partial charge in [-0.15, -0.1) is 0 Å². The van der Waals surface area contributed by atoms with Crippen LogP contribution in [0.2, 0.25) is 0 Å². The fourth-order valence-electron chi connectivity index (χ4n) is 2.59. The van der Waals surface area contributed by atoms with Crippen molar-refractivity contribution in [1.29, 1.82) is 0 Å². The maximum atomic E-state index is 12.9. The SMILES string of the molecule is O=C(O)C1(C(=O)N(Cc2ccc(F)cc2)CC2CC2)CC1. The summed E-state index contributed by atoms with van der Waals surface area (Å²) < 4.78 is 12.9. The van der Waals surface area contributed by atoms with Gasteiger partial charge in [0.05, 0.1) is 0 Å². The molecule has 4 nitrogen and oxygen atoms in total. The van der Waals surface area contributed by atoms with Gasteiger partial charge in [0.1, 0.15) is 11.2 Å². The number of carbonyl (C=O) groups is 2. The van der Waals surface area contributed by atoms with Crippen LogP contribution >= 0.6 is 0 Å². The molecule has 0 heterocycles. The van der Waals surface area contributed by atoms with Crippen LogP contribution in [0, 0.1) is 17.2 Å². The molecule has 0 saturated heterocycles. The topological polar surface area (TPSA) is 57.6 Å². The van der Waals surface area contributed by atoms with Gasteiger partial charge in [0, 0.05) is 13.1 Å². The van der Waals surface area contributed by atoms with Crippen LogP contribution in [0.1, 0.15) is 31.2 Å². The third kappa shape index (κ3) is 2.91. The predicted molar refractivity (Wildman–Crippen MR) is 73.8 cm³/mol. The molecule has 3 rings (SSSR count). The van der Waals surface area contributed by atoms with Crippen molar-refractivity contribution in [2.45, 2.75) is 32.2 Å². The van der Waals surface area contributed by atoms with E-state index in [-0.39, 0.29) is 11.7 Å². The van der Waals surface area contributed by atoms with Crippen molar-refractivity contribution >= 4 is 11.9 Å². The largest absolute Gasteiger partial charge is 0.480 e. The van der Waals surface area contributed by atoms with E-state index in [0.29, 0.717) is 31.8 Å². The molecule has 2 aliphatic rings. The van der Waals surface area contributed by atoms with Crippen LogP contribution in [0.4, 0.5) is 4.39 Å². The zero-order valence-corrected chi connectivity index (χ0v) is 11.7. The zero-order valence-electron chi connectivity index (χ0n) is 11.7. The first-order valence-electron chi connectivity index (χ1n) is 7.28. The highest BCUT2D eigenvalue weighted by Gasteiger charge is 2.58. The summed E-state index contributed by atoms with van der Waals surface area (Å²) in [6.45, 7) is 0.954. The first-order valence-corrected chi connectivity index (χ1v) is 7.28. The number of amides is 1. The zero-order chi connectivity index (χ0) is 15.0. The van der Waals surface area contributed by atoms with Crippen molar-refractivity contribution in [2.75, 3.05) is 6.54 Å². The molecule has 0 unspecified atom stereocenters. The van der Waals surface area contributed by atoms with Gasteiger partial charge in [-0.2, -0.15) is 0 Å². The molecule has 2 aliphatic carbocycles. The smallest absolute Gasteiger partial charge is 0.319 e. The van der Waals surface area contributed by atoms with E-state index < -0.39 is 11.4 Å². The molecule has 1 N–H and O–H groups in total. The van der Waals surface area contributed by atoms with E-state index in [1.54, 1.807) is 17.0 Å². The minimum Gasteiger partial charge on any atom is -0.480 e. The number of hydrogen-bond acceptors (Lipinski definition) is 2. The highest BCUT2D eigenvalue weighted by atomic mass is 19.1. The number of carboxylic acids is 1. The molecule has 2 fully saturated rings. The normalized spacial score (nSPS) is 19.1. The molecule has 0 aromatic heterocycles. The molecule has 1 amide bonds. The van der Waals surface area contributed by atoms with Gasteiger partial charge in [0.25, 0.3) is 0 Å². The van der Waals surface area contributed by atoms with E-state index in [0.717, 1.165) is 18.4 Å². The summed E-state index contributed by atoms with van der Waals surface area (Å²) in [7, 11) is 0. The highest BCUT2D eigenvalue weighted by molar-refractivity contribution is 6.04. The van der Waals surface area contributed by atoms with Crippen LogP contribution in [0.5, 0.6) is 0 Å². The molecule has 112 valence electrons. The first-order chi connectivity index (χ1) is 10.0. The number of hydrogen-bond donors (Lipinski definition) is 1. The van der Waals surface area contributed by atoms with Crippen molar-refractivity contribution < 1.29 is 19.1 Å². The Morgan fingerprint density at radius 2 is 1.86 bits per heavy atom. The van der Waals surface area contributed by atoms with Gasteiger partial charge >= 0.3 is 5.97 Å². The van der Waals surface area contributed by atoms with E-state index >= 15 is 0 Å². The van der Waals surface area contributed by atoms with Crippen molar-refractivity contribution in [1.82, 2.24) is 4.90 Å². The molecule has 5 heteroatoms. The minimum atomic E-state index is -1.20. The number of benzene rings is 1. The Hall–Kier alpha value is -1.91. The van der Waals surface area contributed by atoms with E-state index in [9.17, 15) is 19.1 Å². The maximum Gasteiger partial charge on any atom is 0.319 e. The van der Waals surface area contributed by atoms with Crippen LogP contribution in [-0.4, -0.2) is 28.4 Å². The summed E-state index contributed by atoms with van der Waals surface area (Å²) in [5, 5.41) is 9.28. The van der Waals surface area contributed by atoms with Crippen molar-refractivity contribution in [3.05, 3.63) is 35.6 Å².